The SMILES string of the molecule is Clc1cccc2oc3cc(-c4cccc(-c5ccccc5)c4)ccc3c12. The van der Waals surface area contributed by atoms with Crippen molar-refractivity contribution in [3.8, 4) is 22.3 Å². The molecule has 0 aliphatic carbocycles. The average molecular weight is 355 g/mol. The van der Waals surface area contributed by atoms with E-state index < -0.39 is 0 Å². The number of hydrogen-bond acceptors (Lipinski definition) is 1. The summed E-state index contributed by atoms with van der Waals surface area (Å²) in [6.07, 6.45) is 0. The number of rotatable bonds is 2. The lowest BCUT2D eigenvalue weighted by Gasteiger charge is -2.06. The van der Waals surface area contributed by atoms with E-state index >= 15 is 0 Å². The van der Waals surface area contributed by atoms with Crippen LogP contribution in [0.4, 0.5) is 0 Å². The third-order valence-electron chi connectivity index (χ3n) is 4.75. The highest BCUT2D eigenvalue weighted by atomic mass is 35.5. The highest BCUT2D eigenvalue weighted by Gasteiger charge is 2.11. The average Bonchev–Trinajstić information content (AvgIpc) is 3.08. The van der Waals surface area contributed by atoms with Gasteiger partial charge in [0.25, 0.3) is 0 Å². The number of benzene rings is 4. The van der Waals surface area contributed by atoms with Crippen LogP contribution in [0.15, 0.2) is 95.4 Å². The molecule has 0 bridgehead atoms. The van der Waals surface area contributed by atoms with Crippen LogP contribution in [0, 0.1) is 0 Å². The summed E-state index contributed by atoms with van der Waals surface area (Å²) in [7, 11) is 0. The second-order valence-corrected chi connectivity index (χ2v) is 6.78. The lowest BCUT2D eigenvalue weighted by atomic mass is 9.98. The van der Waals surface area contributed by atoms with Crippen molar-refractivity contribution in [2.75, 3.05) is 0 Å². The molecule has 0 aliphatic heterocycles. The number of fused-ring (bicyclic) bond motifs is 3. The fourth-order valence-corrected chi connectivity index (χ4v) is 3.74. The van der Waals surface area contributed by atoms with Gasteiger partial charge in [-0.2, -0.15) is 0 Å². The summed E-state index contributed by atoms with van der Waals surface area (Å²) >= 11 is 6.36. The van der Waals surface area contributed by atoms with E-state index in [2.05, 4.69) is 66.7 Å². The predicted octanol–water partition coefficient (Wildman–Crippen LogP) is 7.57. The van der Waals surface area contributed by atoms with Gasteiger partial charge in [-0.3, -0.25) is 0 Å². The first-order valence-corrected chi connectivity index (χ1v) is 8.94. The zero-order valence-corrected chi connectivity index (χ0v) is 14.7. The third kappa shape index (κ3) is 2.49. The van der Waals surface area contributed by atoms with Crippen LogP contribution >= 0.6 is 11.6 Å². The highest BCUT2D eigenvalue weighted by molar-refractivity contribution is 6.37. The van der Waals surface area contributed by atoms with E-state index in [-0.39, 0.29) is 0 Å². The van der Waals surface area contributed by atoms with Crippen molar-refractivity contribution in [3.05, 3.63) is 96.0 Å². The van der Waals surface area contributed by atoms with Gasteiger partial charge in [-0.15, -0.1) is 0 Å². The molecule has 0 atom stereocenters. The Balaban J connectivity index is 1.66. The summed E-state index contributed by atoms with van der Waals surface area (Å²) in [6.45, 7) is 0. The summed E-state index contributed by atoms with van der Waals surface area (Å²) in [4.78, 5) is 0. The summed E-state index contributed by atoms with van der Waals surface area (Å²) in [5.41, 5.74) is 6.39. The van der Waals surface area contributed by atoms with Crippen molar-refractivity contribution in [2.24, 2.45) is 0 Å². The summed E-state index contributed by atoms with van der Waals surface area (Å²) in [5, 5.41) is 2.75. The Morgan fingerprint density at radius 1 is 0.538 bits per heavy atom. The van der Waals surface area contributed by atoms with E-state index in [9.17, 15) is 0 Å². The maximum absolute atomic E-state index is 6.36. The van der Waals surface area contributed by atoms with Crippen molar-refractivity contribution in [3.63, 3.8) is 0 Å². The molecule has 0 amide bonds. The molecule has 0 saturated carbocycles. The van der Waals surface area contributed by atoms with Gasteiger partial charge < -0.3 is 4.42 Å². The maximum atomic E-state index is 6.36. The highest BCUT2D eigenvalue weighted by Crippen LogP contribution is 2.36. The molecule has 5 aromatic rings. The fourth-order valence-electron chi connectivity index (χ4n) is 3.47. The van der Waals surface area contributed by atoms with Crippen molar-refractivity contribution in [2.45, 2.75) is 0 Å². The summed E-state index contributed by atoms with van der Waals surface area (Å²) in [5.74, 6) is 0. The minimum Gasteiger partial charge on any atom is -0.456 e. The van der Waals surface area contributed by atoms with E-state index in [1.807, 2.05) is 24.3 Å². The Bertz CT molecular complexity index is 1240. The van der Waals surface area contributed by atoms with Crippen molar-refractivity contribution < 1.29 is 4.42 Å². The Morgan fingerprint density at radius 3 is 2.08 bits per heavy atom. The number of hydrogen-bond donors (Lipinski definition) is 0. The van der Waals surface area contributed by atoms with Crippen LogP contribution in [0.3, 0.4) is 0 Å². The molecule has 26 heavy (non-hydrogen) atoms. The van der Waals surface area contributed by atoms with Crippen molar-refractivity contribution in [1.29, 1.82) is 0 Å². The van der Waals surface area contributed by atoms with Gasteiger partial charge >= 0.3 is 0 Å². The molecule has 124 valence electrons. The second-order valence-electron chi connectivity index (χ2n) is 6.37. The molecule has 0 unspecified atom stereocenters. The van der Waals surface area contributed by atoms with Gasteiger partial charge in [-0.05, 0) is 52.6 Å². The molecule has 0 fully saturated rings. The normalized spacial score (nSPS) is 11.3. The smallest absolute Gasteiger partial charge is 0.136 e. The fraction of sp³-hybridized carbons (Fsp3) is 0. The molecule has 0 N–H and O–H groups in total. The molecule has 4 aromatic carbocycles. The molecular formula is C24H15ClO. The van der Waals surface area contributed by atoms with Crippen LogP contribution in [0.25, 0.3) is 44.2 Å². The van der Waals surface area contributed by atoms with Crippen molar-refractivity contribution in [1.82, 2.24) is 0 Å². The molecule has 1 heterocycles. The van der Waals surface area contributed by atoms with Crippen LogP contribution in [-0.4, -0.2) is 0 Å². The first kappa shape index (κ1) is 15.2. The zero-order valence-electron chi connectivity index (χ0n) is 13.9. The molecule has 2 heteroatoms. The van der Waals surface area contributed by atoms with Crippen LogP contribution in [0.2, 0.25) is 5.02 Å². The summed E-state index contributed by atoms with van der Waals surface area (Å²) < 4.78 is 6.03. The van der Waals surface area contributed by atoms with E-state index in [4.69, 9.17) is 16.0 Å². The van der Waals surface area contributed by atoms with Crippen LogP contribution < -0.4 is 0 Å². The Labute approximate surface area is 156 Å². The first-order valence-electron chi connectivity index (χ1n) is 8.56. The van der Waals surface area contributed by atoms with Gasteiger partial charge in [0.15, 0.2) is 0 Å². The zero-order chi connectivity index (χ0) is 17.5. The summed E-state index contributed by atoms with van der Waals surface area (Å²) in [6, 6.07) is 31.1. The van der Waals surface area contributed by atoms with E-state index in [0.29, 0.717) is 0 Å². The van der Waals surface area contributed by atoms with Crippen LogP contribution in [0.1, 0.15) is 0 Å². The van der Waals surface area contributed by atoms with Crippen molar-refractivity contribution >= 4 is 33.5 Å². The minimum atomic E-state index is 0.722. The molecule has 0 radical (unpaired) electrons. The molecule has 0 spiro atoms. The van der Waals surface area contributed by atoms with Gasteiger partial charge in [-0.25, -0.2) is 0 Å². The molecule has 0 saturated heterocycles. The van der Waals surface area contributed by atoms with Gasteiger partial charge in [0.1, 0.15) is 11.2 Å². The third-order valence-corrected chi connectivity index (χ3v) is 5.06. The Morgan fingerprint density at radius 2 is 1.23 bits per heavy atom. The van der Waals surface area contributed by atoms with Gasteiger partial charge in [-0.1, -0.05) is 72.3 Å². The van der Waals surface area contributed by atoms with Gasteiger partial charge in [0.05, 0.1) is 5.02 Å². The standard InChI is InChI=1S/C24H15ClO/c25-21-10-5-11-22-24(21)20-13-12-19(15-23(20)26-22)18-9-4-8-17(14-18)16-6-2-1-3-7-16/h1-15H. The predicted molar refractivity (Wildman–Crippen MR) is 110 cm³/mol. The molecule has 0 aliphatic rings. The molecule has 1 aromatic heterocycles. The van der Waals surface area contributed by atoms with Crippen LogP contribution in [-0.2, 0) is 0 Å². The number of halogens is 1. The Hall–Kier alpha value is -3.03. The monoisotopic (exact) mass is 354 g/mol. The quantitative estimate of drug-likeness (QED) is 0.318. The first-order chi connectivity index (χ1) is 12.8. The van der Waals surface area contributed by atoms with Gasteiger partial charge in [0.2, 0.25) is 0 Å². The maximum Gasteiger partial charge on any atom is 0.136 e. The van der Waals surface area contributed by atoms with E-state index in [1.165, 1.54) is 16.7 Å². The topological polar surface area (TPSA) is 13.1 Å². The Kier molecular flexibility index (Phi) is 3.55. The largest absolute Gasteiger partial charge is 0.456 e. The second kappa shape index (κ2) is 6.05. The molecular weight excluding hydrogens is 340 g/mol. The molecule has 5 rings (SSSR count). The molecule has 1 nitrogen and oxygen atoms in total. The lowest BCUT2D eigenvalue weighted by Crippen LogP contribution is -1.81. The number of furan rings is 1. The lowest BCUT2D eigenvalue weighted by molar-refractivity contribution is 0.669. The van der Waals surface area contributed by atoms with Gasteiger partial charge in [0, 0.05) is 10.8 Å². The minimum absolute atomic E-state index is 0.722. The van der Waals surface area contributed by atoms with E-state index in [0.717, 1.165) is 32.5 Å². The van der Waals surface area contributed by atoms with E-state index in [1.54, 1.807) is 0 Å². The van der Waals surface area contributed by atoms with Crippen LogP contribution in [0.5, 0.6) is 0 Å².